The van der Waals surface area contributed by atoms with Crippen LogP contribution in [-0.4, -0.2) is 40.8 Å². The van der Waals surface area contributed by atoms with Crippen molar-refractivity contribution in [1.82, 2.24) is 4.90 Å². The summed E-state index contributed by atoms with van der Waals surface area (Å²) in [6.45, 7) is 8.67. The summed E-state index contributed by atoms with van der Waals surface area (Å²) >= 11 is 6.83. The van der Waals surface area contributed by atoms with Gasteiger partial charge in [-0.3, -0.25) is 0 Å². The normalized spacial score (nSPS) is 28.8. The van der Waals surface area contributed by atoms with Gasteiger partial charge < -0.3 is 4.90 Å². The summed E-state index contributed by atoms with van der Waals surface area (Å²) in [5, 5.41) is 0. The fraction of sp³-hybridized carbons (Fsp3) is 1.00. The number of hydrogen-bond donors (Lipinski definition) is 1. The Kier molecular flexibility index (Phi) is 5.36. The largest absolute Gasteiger partial charge is 0.302 e. The molecule has 0 aromatic heterocycles. The maximum absolute atomic E-state index is 4.68. The molecule has 0 aromatic rings. The van der Waals surface area contributed by atoms with Gasteiger partial charge in [-0.05, 0) is 37.0 Å². The Bertz CT molecular complexity index is 259. The summed E-state index contributed by atoms with van der Waals surface area (Å²) < 4.78 is 0.482. The lowest BCUT2D eigenvalue weighted by Gasteiger charge is -2.40. The van der Waals surface area contributed by atoms with Crippen LogP contribution >= 0.6 is 24.4 Å². The van der Waals surface area contributed by atoms with Crippen LogP contribution < -0.4 is 0 Å². The van der Waals surface area contributed by atoms with Crippen LogP contribution in [-0.2, 0) is 0 Å². The SMILES string of the molecule is CC1(C)CCN(CC2(CS)CCCCC2)CCS1. The van der Waals surface area contributed by atoms with Crippen LogP contribution in [0.4, 0.5) is 0 Å². The first-order chi connectivity index (χ1) is 8.55. The van der Waals surface area contributed by atoms with Crippen molar-refractivity contribution in [2.75, 3.05) is 31.1 Å². The van der Waals surface area contributed by atoms with E-state index in [0.717, 1.165) is 5.75 Å². The third-order valence-corrected chi connectivity index (χ3v) is 6.78. The van der Waals surface area contributed by atoms with E-state index in [1.54, 1.807) is 0 Å². The Hall–Kier alpha value is 0.660. The molecule has 106 valence electrons. The molecular formula is C15H29NS2. The van der Waals surface area contributed by atoms with Crippen molar-refractivity contribution in [3.63, 3.8) is 0 Å². The van der Waals surface area contributed by atoms with Gasteiger partial charge >= 0.3 is 0 Å². The highest BCUT2D eigenvalue weighted by Gasteiger charge is 2.34. The second-order valence-electron chi connectivity index (χ2n) is 6.85. The van der Waals surface area contributed by atoms with Crippen LogP contribution in [0.1, 0.15) is 52.4 Å². The highest BCUT2D eigenvalue weighted by molar-refractivity contribution is 8.00. The quantitative estimate of drug-likeness (QED) is 0.779. The van der Waals surface area contributed by atoms with Gasteiger partial charge in [-0.15, -0.1) is 0 Å². The molecule has 18 heavy (non-hydrogen) atoms. The topological polar surface area (TPSA) is 3.24 Å². The second-order valence-corrected chi connectivity index (χ2v) is 8.97. The fourth-order valence-corrected chi connectivity index (χ4v) is 4.92. The molecule has 1 aliphatic heterocycles. The van der Waals surface area contributed by atoms with Crippen LogP contribution in [0.15, 0.2) is 0 Å². The predicted molar refractivity (Wildman–Crippen MR) is 87.0 cm³/mol. The van der Waals surface area contributed by atoms with E-state index in [0.29, 0.717) is 10.2 Å². The molecule has 1 saturated heterocycles. The van der Waals surface area contributed by atoms with Gasteiger partial charge in [0.25, 0.3) is 0 Å². The van der Waals surface area contributed by atoms with Crippen LogP contribution in [0.5, 0.6) is 0 Å². The number of nitrogens with zero attached hydrogens (tertiary/aromatic N) is 1. The molecule has 0 spiro atoms. The molecule has 2 rings (SSSR count). The number of rotatable bonds is 3. The third kappa shape index (κ3) is 4.08. The first-order valence-electron chi connectivity index (χ1n) is 7.53. The molecule has 1 saturated carbocycles. The van der Waals surface area contributed by atoms with E-state index >= 15 is 0 Å². The number of thioether (sulfide) groups is 1. The second kappa shape index (κ2) is 6.41. The van der Waals surface area contributed by atoms with Crippen LogP contribution in [0, 0.1) is 5.41 Å². The van der Waals surface area contributed by atoms with Gasteiger partial charge in [-0.1, -0.05) is 33.1 Å². The van der Waals surface area contributed by atoms with Crippen LogP contribution in [0.25, 0.3) is 0 Å². The molecule has 1 aliphatic carbocycles. The maximum atomic E-state index is 4.68. The summed E-state index contributed by atoms with van der Waals surface area (Å²) in [6.07, 6.45) is 8.44. The van der Waals surface area contributed by atoms with Crippen molar-refractivity contribution >= 4 is 24.4 Å². The zero-order valence-electron chi connectivity index (χ0n) is 12.1. The molecule has 0 atom stereocenters. The average Bonchev–Trinajstić information content (AvgIpc) is 2.52. The number of thiol groups is 1. The first-order valence-corrected chi connectivity index (χ1v) is 9.14. The maximum Gasteiger partial charge on any atom is 0.0116 e. The minimum atomic E-state index is 0.482. The molecule has 0 bridgehead atoms. The smallest absolute Gasteiger partial charge is 0.0116 e. The van der Waals surface area contributed by atoms with Crippen LogP contribution in [0.3, 0.4) is 0 Å². The highest BCUT2D eigenvalue weighted by atomic mass is 32.2. The fourth-order valence-electron chi connectivity index (χ4n) is 3.36. The summed E-state index contributed by atoms with van der Waals surface area (Å²) in [5.41, 5.74) is 0.528. The van der Waals surface area contributed by atoms with Gasteiger partial charge in [-0.2, -0.15) is 24.4 Å². The van der Waals surface area contributed by atoms with Gasteiger partial charge in [-0.25, -0.2) is 0 Å². The molecule has 0 N–H and O–H groups in total. The molecule has 3 heteroatoms. The first kappa shape index (κ1) is 15.1. The summed E-state index contributed by atoms with van der Waals surface area (Å²) in [5.74, 6) is 2.38. The van der Waals surface area contributed by atoms with E-state index in [-0.39, 0.29) is 0 Å². The molecule has 1 heterocycles. The van der Waals surface area contributed by atoms with Crippen molar-refractivity contribution in [2.45, 2.75) is 57.1 Å². The third-order valence-electron chi connectivity index (χ3n) is 4.74. The summed E-state index contributed by atoms with van der Waals surface area (Å²) in [6, 6.07) is 0. The zero-order valence-corrected chi connectivity index (χ0v) is 13.8. The van der Waals surface area contributed by atoms with Gasteiger partial charge in [0, 0.05) is 23.6 Å². The average molecular weight is 288 g/mol. The molecule has 1 nitrogen and oxygen atoms in total. The molecular weight excluding hydrogens is 258 g/mol. The molecule has 0 aromatic carbocycles. The lowest BCUT2D eigenvalue weighted by Crippen LogP contribution is -2.41. The summed E-state index contributed by atoms with van der Waals surface area (Å²) in [7, 11) is 0. The van der Waals surface area contributed by atoms with Crippen molar-refractivity contribution in [3.8, 4) is 0 Å². The highest BCUT2D eigenvalue weighted by Crippen LogP contribution is 2.39. The van der Waals surface area contributed by atoms with E-state index in [2.05, 4.69) is 43.1 Å². The predicted octanol–water partition coefficient (Wildman–Crippen LogP) is 4.08. The van der Waals surface area contributed by atoms with Gasteiger partial charge in [0.15, 0.2) is 0 Å². The van der Waals surface area contributed by atoms with Crippen molar-refractivity contribution in [2.24, 2.45) is 5.41 Å². The molecule has 2 aliphatic rings. The lowest BCUT2D eigenvalue weighted by atomic mass is 9.75. The Labute approximate surface area is 123 Å². The molecule has 0 radical (unpaired) electrons. The zero-order chi connectivity index (χ0) is 13.1. The monoisotopic (exact) mass is 287 g/mol. The summed E-state index contributed by atoms with van der Waals surface area (Å²) in [4.78, 5) is 2.73. The van der Waals surface area contributed by atoms with Gasteiger partial charge in [0.2, 0.25) is 0 Å². The molecule has 0 unspecified atom stereocenters. The van der Waals surface area contributed by atoms with Crippen molar-refractivity contribution in [3.05, 3.63) is 0 Å². The standard InChI is InChI=1S/C15H29NS2/c1-14(2)8-9-16(10-11-18-14)12-15(13-17)6-4-3-5-7-15/h17H,3-13H2,1-2H3. The van der Waals surface area contributed by atoms with E-state index < -0.39 is 0 Å². The number of hydrogen-bond acceptors (Lipinski definition) is 3. The Morgan fingerprint density at radius 1 is 1.06 bits per heavy atom. The van der Waals surface area contributed by atoms with E-state index in [4.69, 9.17) is 0 Å². The Morgan fingerprint density at radius 2 is 1.78 bits per heavy atom. The molecule has 2 fully saturated rings. The van der Waals surface area contributed by atoms with Crippen LogP contribution in [0.2, 0.25) is 0 Å². The van der Waals surface area contributed by atoms with Gasteiger partial charge in [0.05, 0.1) is 0 Å². The lowest BCUT2D eigenvalue weighted by molar-refractivity contribution is 0.129. The minimum Gasteiger partial charge on any atom is -0.302 e. The Morgan fingerprint density at radius 3 is 2.44 bits per heavy atom. The van der Waals surface area contributed by atoms with Crippen molar-refractivity contribution in [1.29, 1.82) is 0 Å². The molecule has 0 amide bonds. The Balaban J connectivity index is 1.91. The van der Waals surface area contributed by atoms with E-state index in [9.17, 15) is 0 Å². The minimum absolute atomic E-state index is 0.482. The van der Waals surface area contributed by atoms with Crippen molar-refractivity contribution < 1.29 is 0 Å². The van der Waals surface area contributed by atoms with Gasteiger partial charge in [0.1, 0.15) is 0 Å². The van der Waals surface area contributed by atoms with E-state index in [1.165, 1.54) is 63.9 Å². The van der Waals surface area contributed by atoms with E-state index in [1.807, 2.05) is 0 Å².